The Labute approximate surface area is 110 Å². The molecule has 0 bridgehead atoms. The lowest BCUT2D eigenvalue weighted by molar-refractivity contribution is -0.122. The van der Waals surface area contributed by atoms with E-state index in [0.29, 0.717) is 17.2 Å². The highest BCUT2D eigenvalue weighted by Gasteiger charge is 2.29. The molecule has 0 unspecified atom stereocenters. The molecule has 2 aliphatic rings. The van der Waals surface area contributed by atoms with Crippen LogP contribution in [-0.4, -0.2) is 26.0 Å². The first kappa shape index (κ1) is 11.8. The summed E-state index contributed by atoms with van der Waals surface area (Å²) in [7, 11) is 1.56. The molecule has 1 fully saturated rings. The van der Waals surface area contributed by atoms with Crippen LogP contribution < -0.4 is 19.6 Å². The Kier molecular flexibility index (Phi) is 2.98. The average Bonchev–Trinajstić information content (AvgIpc) is 3.16. The number of fused-ring (bicyclic) bond motifs is 1. The summed E-state index contributed by atoms with van der Waals surface area (Å²) in [5.41, 5.74) is 3.29. The number of hydrogen-bond acceptors (Lipinski definition) is 5. The van der Waals surface area contributed by atoms with Gasteiger partial charge in [0.15, 0.2) is 11.5 Å². The molecule has 1 aromatic carbocycles. The lowest BCUT2D eigenvalue weighted by Crippen LogP contribution is -2.18. The second kappa shape index (κ2) is 4.79. The molecule has 1 aliphatic heterocycles. The predicted molar refractivity (Wildman–Crippen MR) is 67.6 cm³/mol. The largest absolute Gasteiger partial charge is 0.493 e. The Balaban J connectivity index is 1.73. The Morgan fingerprint density at radius 3 is 3.05 bits per heavy atom. The number of benzene rings is 1. The number of hydrogen-bond donors (Lipinski definition) is 1. The zero-order valence-electron chi connectivity index (χ0n) is 10.5. The quantitative estimate of drug-likeness (QED) is 0.655. The molecule has 0 saturated heterocycles. The number of hydrazone groups is 1. The van der Waals surface area contributed by atoms with Crippen LogP contribution in [0.15, 0.2) is 17.2 Å². The minimum Gasteiger partial charge on any atom is -0.493 e. The van der Waals surface area contributed by atoms with Gasteiger partial charge in [0.1, 0.15) is 0 Å². The van der Waals surface area contributed by atoms with Crippen molar-refractivity contribution in [3.05, 3.63) is 17.7 Å². The molecule has 100 valence electrons. The van der Waals surface area contributed by atoms with Gasteiger partial charge in [0.25, 0.3) is 0 Å². The third-order valence-corrected chi connectivity index (χ3v) is 3.02. The van der Waals surface area contributed by atoms with Crippen LogP contribution in [-0.2, 0) is 4.79 Å². The number of methoxy groups -OCH3 is 1. The van der Waals surface area contributed by atoms with Crippen LogP contribution in [0.2, 0.25) is 0 Å². The Morgan fingerprint density at radius 2 is 2.32 bits per heavy atom. The molecule has 1 N–H and O–H groups in total. The maximum absolute atomic E-state index is 11.4. The normalized spacial score (nSPS) is 16.7. The molecule has 3 rings (SSSR count). The number of carbonyl (C=O) groups is 1. The molecule has 0 radical (unpaired) electrons. The van der Waals surface area contributed by atoms with E-state index in [1.165, 1.54) is 0 Å². The van der Waals surface area contributed by atoms with E-state index in [2.05, 4.69) is 10.5 Å². The monoisotopic (exact) mass is 262 g/mol. The van der Waals surface area contributed by atoms with Gasteiger partial charge in [0, 0.05) is 11.5 Å². The van der Waals surface area contributed by atoms with Crippen LogP contribution in [0.4, 0.5) is 0 Å². The van der Waals surface area contributed by atoms with E-state index in [1.54, 1.807) is 25.5 Å². The number of nitrogens with zero attached hydrogens (tertiary/aromatic N) is 1. The van der Waals surface area contributed by atoms with Crippen LogP contribution in [0.1, 0.15) is 18.4 Å². The van der Waals surface area contributed by atoms with Gasteiger partial charge in [-0.15, -0.1) is 0 Å². The molecular formula is C13H14N2O4. The highest BCUT2D eigenvalue weighted by molar-refractivity contribution is 5.85. The number of rotatable bonds is 4. The average molecular weight is 262 g/mol. The van der Waals surface area contributed by atoms with E-state index in [0.717, 1.165) is 18.4 Å². The van der Waals surface area contributed by atoms with Crippen LogP contribution in [0, 0.1) is 5.92 Å². The number of carbonyl (C=O) groups excluding carboxylic acids is 1. The summed E-state index contributed by atoms with van der Waals surface area (Å²) in [6.45, 7) is 0.185. The molecule has 6 nitrogen and oxygen atoms in total. The summed E-state index contributed by atoms with van der Waals surface area (Å²) in [5.74, 6) is 1.92. The number of ether oxygens (including phenoxy) is 3. The smallest absolute Gasteiger partial charge is 0.243 e. The highest BCUT2D eigenvalue weighted by atomic mass is 16.7. The summed E-state index contributed by atoms with van der Waals surface area (Å²) in [5, 5.41) is 3.93. The molecule has 1 heterocycles. The van der Waals surface area contributed by atoms with E-state index in [-0.39, 0.29) is 18.6 Å². The summed E-state index contributed by atoms with van der Waals surface area (Å²) >= 11 is 0. The van der Waals surface area contributed by atoms with Crippen molar-refractivity contribution in [2.24, 2.45) is 11.0 Å². The fraction of sp³-hybridized carbons (Fsp3) is 0.385. The van der Waals surface area contributed by atoms with Crippen molar-refractivity contribution in [1.29, 1.82) is 0 Å². The Hall–Kier alpha value is -2.24. The van der Waals surface area contributed by atoms with Gasteiger partial charge in [0.05, 0.1) is 13.3 Å². The summed E-state index contributed by atoms with van der Waals surface area (Å²) in [6, 6.07) is 3.57. The molecule has 0 atom stereocenters. The van der Waals surface area contributed by atoms with Crippen molar-refractivity contribution >= 4 is 12.1 Å². The van der Waals surface area contributed by atoms with E-state index in [4.69, 9.17) is 14.2 Å². The van der Waals surface area contributed by atoms with E-state index in [9.17, 15) is 4.79 Å². The molecule has 1 saturated carbocycles. The minimum absolute atomic E-state index is 0.0241. The van der Waals surface area contributed by atoms with Crippen molar-refractivity contribution < 1.29 is 19.0 Å². The second-order valence-corrected chi connectivity index (χ2v) is 4.47. The topological polar surface area (TPSA) is 69.2 Å². The standard InChI is InChI=1S/C13H14N2O4/c1-17-10-4-8(5-11-12(10)19-7-18-11)6-14-15-13(16)9-2-3-9/h4-6,9H,2-3,7H2,1H3,(H,15,16)/b14-6-. The minimum atomic E-state index is -0.0241. The summed E-state index contributed by atoms with van der Waals surface area (Å²) in [6.07, 6.45) is 3.48. The van der Waals surface area contributed by atoms with Crippen molar-refractivity contribution in [3.63, 3.8) is 0 Å². The van der Waals surface area contributed by atoms with Gasteiger partial charge < -0.3 is 14.2 Å². The van der Waals surface area contributed by atoms with Gasteiger partial charge in [-0.05, 0) is 25.0 Å². The van der Waals surface area contributed by atoms with Gasteiger partial charge in [0.2, 0.25) is 18.4 Å². The maximum atomic E-state index is 11.4. The fourth-order valence-corrected chi connectivity index (χ4v) is 1.83. The summed E-state index contributed by atoms with van der Waals surface area (Å²) < 4.78 is 15.8. The van der Waals surface area contributed by atoms with Gasteiger partial charge in [-0.2, -0.15) is 5.10 Å². The van der Waals surface area contributed by atoms with Crippen molar-refractivity contribution in [2.75, 3.05) is 13.9 Å². The lowest BCUT2D eigenvalue weighted by Gasteiger charge is -2.05. The third-order valence-electron chi connectivity index (χ3n) is 3.02. The van der Waals surface area contributed by atoms with E-state index < -0.39 is 0 Å². The Morgan fingerprint density at radius 1 is 1.47 bits per heavy atom. The number of nitrogens with one attached hydrogen (secondary N) is 1. The molecule has 0 spiro atoms. The van der Waals surface area contributed by atoms with E-state index in [1.807, 2.05) is 0 Å². The first-order valence-corrected chi connectivity index (χ1v) is 6.08. The first-order valence-electron chi connectivity index (χ1n) is 6.08. The van der Waals surface area contributed by atoms with Gasteiger partial charge in [-0.1, -0.05) is 0 Å². The molecule has 0 aromatic heterocycles. The van der Waals surface area contributed by atoms with Crippen LogP contribution in [0.5, 0.6) is 17.2 Å². The Bertz CT molecular complexity index is 538. The zero-order valence-corrected chi connectivity index (χ0v) is 10.5. The third kappa shape index (κ3) is 2.47. The van der Waals surface area contributed by atoms with Gasteiger partial charge in [-0.25, -0.2) is 5.43 Å². The van der Waals surface area contributed by atoms with Gasteiger partial charge in [-0.3, -0.25) is 4.79 Å². The van der Waals surface area contributed by atoms with Gasteiger partial charge >= 0.3 is 0 Å². The van der Waals surface area contributed by atoms with Crippen molar-refractivity contribution in [1.82, 2.24) is 5.43 Å². The zero-order chi connectivity index (χ0) is 13.2. The lowest BCUT2D eigenvalue weighted by atomic mass is 10.2. The van der Waals surface area contributed by atoms with Crippen LogP contribution in [0.25, 0.3) is 0 Å². The highest BCUT2D eigenvalue weighted by Crippen LogP contribution is 2.41. The fourth-order valence-electron chi connectivity index (χ4n) is 1.83. The molecule has 1 aliphatic carbocycles. The predicted octanol–water partition coefficient (Wildman–Crippen LogP) is 1.28. The molecule has 1 aromatic rings. The molecule has 1 amide bonds. The van der Waals surface area contributed by atoms with Crippen LogP contribution in [0.3, 0.4) is 0 Å². The summed E-state index contributed by atoms with van der Waals surface area (Å²) in [4.78, 5) is 11.4. The molecule has 6 heteroatoms. The number of amides is 1. The van der Waals surface area contributed by atoms with Crippen LogP contribution >= 0.6 is 0 Å². The second-order valence-electron chi connectivity index (χ2n) is 4.47. The molecule has 19 heavy (non-hydrogen) atoms. The van der Waals surface area contributed by atoms with Crippen molar-refractivity contribution in [3.8, 4) is 17.2 Å². The SMILES string of the molecule is COc1cc(/C=N\NC(=O)C2CC2)cc2c1OCO2. The van der Waals surface area contributed by atoms with Crippen molar-refractivity contribution in [2.45, 2.75) is 12.8 Å². The first-order chi connectivity index (χ1) is 9.28. The van der Waals surface area contributed by atoms with E-state index >= 15 is 0 Å². The maximum Gasteiger partial charge on any atom is 0.243 e. The molecular weight excluding hydrogens is 248 g/mol.